The maximum absolute atomic E-state index is 12.2. The fraction of sp³-hybridized carbons (Fsp3) is 0.857. The Kier molecular flexibility index (Phi) is 6.78. The quantitative estimate of drug-likeness (QED) is 0.796. The highest BCUT2D eigenvalue weighted by Crippen LogP contribution is 2.22. The molecule has 0 aliphatic carbocycles. The minimum absolute atomic E-state index is 0.0866. The highest BCUT2D eigenvalue weighted by atomic mass is 16.4. The smallest absolute Gasteiger partial charge is 0.319 e. The van der Waals surface area contributed by atoms with Crippen LogP contribution in [0, 0.1) is 5.92 Å². The van der Waals surface area contributed by atoms with Crippen LogP contribution >= 0.6 is 0 Å². The van der Waals surface area contributed by atoms with E-state index in [1.54, 1.807) is 4.90 Å². The van der Waals surface area contributed by atoms with Crippen LogP contribution in [-0.4, -0.2) is 79.1 Å². The van der Waals surface area contributed by atoms with Gasteiger partial charge in [0, 0.05) is 39.6 Å². The molecule has 20 heavy (non-hydrogen) atoms. The van der Waals surface area contributed by atoms with E-state index in [0.717, 1.165) is 45.4 Å². The van der Waals surface area contributed by atoms with Gasteiger partial charge < -0.3 is 19.8 Å². The molecule has 0 aromatic rings. The number of likely N-dealkylation sites (N-methyl/N-ethyl adjacent to an activating group) is 2. The number of urea groups is 1. The molecule has 0 spiro atoms. The number of likely N-dealkylation sites (tertiary alicyclic amines) is 1. The van der Waals surface area contributed by atoms with E-state index in [1.165, 1.54) is 0 Å². The molecule has 1 rings (SSSR count). The summed E-state index contributed by atoms with van der Waals surface area (Å²) >= 11 is 0. The molecular weight excluding hydrogens is 258 g/mol. The number of nitrogens with zero attached hydrogens (tertiary/aromatic N) is 3. The van der Waals surface area contributed by atoms with Crippen LogP contribution in [0.4, 0.5) is 4.79 Å². The van der Waals surface area contributed by atoms with Crippen molar-refractivity contribution in [3.8, 4) is 0 Å². The Morgan fingerprint density at radius 2 is 1.75 bits per heavy atom. The largest absolute Gasteiger partial charge is 0.481 e. The highest BCUT2D eigenvalue weighted by molar-refractivity contribution is 5.74. The molecule has 0 bridgehead atoms. The first kappa shape index (κ1) is 16.8. The van der Waals surface area contributed by atoms with E-state index in [9.17, 15) is 9.59 Å². The van der Waals surface area contributed by atoms with E-state index in [2.05, 4.69) is 4.90 Å². The zero-order valence-electron chi connectivity index (χ0n) is 12.8. The van der Waals surface area contributed by atoms with Crippen LogP contribution in [0.15, 0.2) is 0 Å². The molecule has 0 unspecified atom stereocenters. The molecule has 1 fully saturated rings. The molecule has 0 radical (unpaired) electrons. The number of carboxylic acids is 1. The fourth-order valence-electron chi connectivity index (χ4n) is 2.43. The second kappa shape index (κ2) is 8.09. The first-order chi connectivity index (χ1) is 9.40. The van der Waals surface area contributed by atoms with E-state index in [4.69, 9.17) is 5.11 Å². The van der Waals surface area contributed by atoms with Crippen LogP contribution in [-0.2, 0) is 4.79 Å². The second-order valence-corrected chi connectivity index (χ2v) is 5.87. The number of hydrogen-bond acceptors (Lipinski definition) is 3. The van der Waals surface area contributed by atoms with Crippen molar-refractivity contribution in [2.45, 2.75) is 25.7 Å². The van der Waals surface area contributed by atoms with E-state index >= 15 is 0 Å². The molecule has 0 aromatic heterocycles. The van der Waals surface area contributed by atoms with E-state index in [-0.39, 0.29) is 12.5 Å². The minimum Gasteiger partial charge on any atom is -0.481 e. The van der Waals surface area contributed by atoms with E-state index < -0.39 is 5.97 Å². The van der Waals surface area contributed by atoms with Gasteiger partial charge in [0.25, 0.3) is 0 Å². The van der Waals surface area contributed by atoms with Gasteiger partial charge in [-0.25, -0.2) is 4.79 Å². The normalized spacial score (nSPS) is 16.5. The summed E-state index contributed by atoms with van der Waals surface area (Å²) in [6.07, 6.45) is 2.80. The Labute approximate surface area is 121 Å². The number of carboxylic acid groups (broad SMARTS) is 1. The van der Waals surface area contributed by atoms with Crippen molar-refractivity contribution in [2.24, 2.45) is 5.92 Å². The number of aliphatic carboxylic acids is 1. The Hall–Kier alpha value is -1.30. The van der Waals surface area contributed by atoms with Gasteiger partial charge in [-0.3, -0.25) is 4.79 Å². The van der Waals surface area contributed by atoms with Gasteiger partial charge in [0.2, 0.25) is 0 Å². The van der Waals surface area contributed by atoms with Crippen LogP contribution in [0.2, 0.25) is 0 Å². The molecule has 0 atom stereocenters. The minimum atomic E-state index is -0.730. The van der Waals surface area contributed by atoms with Gasteiger partial charge in [-0.05, 0) is 39.3 Å². The average Bonchev–Trinajstić information content (AvgIpc) is 2.42. The van der Waals surface area contributed by atoms with Gasteiger partial charge in [-0.15, -0.1) is 0 Å². The van der Waals surface area contributed by atoms with Gasteiger partial charge in [0.05, 0.1) is 0 Å². The number of carbonyl (C=O) groups excluding carboxylic acids is 1. The zero-order chi connectivity index (χ0) is 15.1. The van der Waals surface area contributed by atoms with Gasteiger partial charge in [-0.2, -0.15) is 0 Å². The summed E-state index contributed by atoms with van der Waals surface area (Å²) in [5.41, 5.74) is 0. The molecule has 1 heterocycles. The predicted octanol–water partition coefficient (Wildman–Crippen LogP) is 1.18. The lowest BCUT2D eigenvalue weighted by molar-refractivity contribution is -0.137. The van der Waals surface area contributed by atoms with Crippen molar-refractivity contribution >= 4 is 12.0 Å². The van der Waals surface area contributed by atoms with Crippen molar-refractivity contribution in [3.05, 3.63) is 0 Å². The number of hydrogen-bond donors (Lipinski definition) is 1. The number of piperidine rings is 1. The second-order valence-electron chi connectivity index (χ2n) is 5.87. The van der Waals surface area contributed by atoms with Crippen molar-refractivity contribution in [1.29, 1.82) is 0 Å². The zero-order valence-corrected chi connectivity index (χ0v) is 12.8. The fourth-order valence-corrected chi connectivity index (χ4v) is 2.43. The molecular formula is C14H27N3O3. The van der Waals surface area contributed by atoms with Crippen molar-refractivity contribution in [1.82, 2.24) is 14.7 Å². The molecule has 1 aliphatic rings. The lowest BCUT2D eigenvalue weighted by Crippen LogP contribution is -2.46. The van der Waals surface area contributed by atoms with Crippen LogP contribution in [0.5, 0.6) is 0 Å². The molecule has 6 nitrogen and oxygen atoms in total. The SMILES string of the molecule is CN(C)CCN(C)C(=O)N1CCC(CCC(=O)O)CC1. The summed E-state index contributed by atoms with van der Waals surface area (Å²) in [5, 5.41) is 8.69. The molecule has 116 valence electrons. The van der Waals surface area contributed by atoms with Crippen molar-refractivity contribution in [3.63, 3.8) is 0 Å². The average molecular weight is 285 g/mol. The molecule has 1 saturated heterocycles. The Morgan fingerprint density at radius 3 is 2.25 bits per heavy atom. The lowest BCUT2D eigenvalue weighted by atomic mass is 9.92. The summed E-state index contributed by atoms with van der Waals surface area (Å²) in [7, 11) is 5.82. The number of rotatable bonds is 6. The van der Waals surface area contributed by atoms with Gasteiger partial charge in [0.15, 0.2) is 0 Å². The predicted molar refractivity (Wildman–Crippen MR) is 77.7 cm³/mol. The summed E-state index contributed by atoms with van der Waals surface area (Å²) in [4.78, 5) is 28.5. The molecule has 2 amide bonds. The number of amides is 2. The topological polar surface area (TPSA) is 64.1 Å². The van der Waals surface area contributed by atoms with Crippen LogP contribution < -0.4 is 0 Å². The molecule has 0 aromatic carbocycles. The summed E-state index contributed by atoms with van der Waals surface area (Å²) < 4.78 is 0. The van der Waals surface area contributed by atoms with Crippen LogP contribution in [0.25, 0.3) is 0 Å². The Balaban J connectivity index is 2.29. The number of carbonyl (C=O) groups is 2. The van der Waals surface area contributed by atoms with Crippen LogP contribution in [0.1, 0.15) is 25.7 Å². The Bertz CT molecular complexity index is 326. The molecule has 1 aliphatic heterocycles. The third kappa shape index (κ3) is 5.77. The summed E-state index contributed by atoms with van der Waals surface area (Å²) in [6.45, 7) is 3.08. The van der Waals surface area contributed by atoms with E-state index in [0.29, 0.717) is 5.92 Å². The first-order valence-electron chi connectivity index (χ1n) is 7.26. The molecule has 1 N–H and O–H groups in total. The lowest BCUT2D eigenvalue weighted by Gasteiger charge is -2.34. The molecule has 6 heteroatoms. The van der Waals surface area contributed by atoms with Gasteiger partial charge >= 0.3 is 12.0 Å². The standard InChI is InChI=1S/C14H27N3O3/c1-15(2)10-11-16(3)14(20)17-8-6-12(7-9-17)4-5-13(18)19/h12H,4-11H2,1-3H3,(H,18,19). The summed E-state index contributed by atoms with van der Waals surface area (Å²) in [6, 6.07) is 0.0866. The maximum Gasteiger partial charge on any atom is 0.319 e. The van der Waals surface area contributed by atoms with Gasteiger partial charge in [-0.1, -0.05) is 0 Å². The highest BCUT2D eigenvalue weighted by Gasteiger charge is 2.24. The Morgan fingerprint density at radius 1 is 1.15 bits per heavy atom. The monoisotopic (exact) mass is 285 g/mol. The van der Waals surface area contributed by atoms with E-state index in [1.807, 2.05) is 26.0 Å². The first-order valence-corrected chi connectivity index (χ1v) is 7.26. The summed E-state index contributed by atoms with van der Waals surface area (Å²) in [5.74, 6) is -0.283. The third-order valence-corrected chi connectivity index (χ3v) is 3.86. The van der Waals surface area contributed by atoms with Gasteiger partial charge in [0.1, 0.15) is 0 Å². The van der Waals surface area contributed by atoms with Crippen LogP contribution in [0.3, 0.4) is 0 Å². The third-order valence-electron chi connectivity index (χ3n) is 3.86. The molecule has 0 saturated carbocycles. The van der Waals surface area contributed by atoms with Crippen molar-refractivity contribution in [2.75, 3.05) is 47.3 Å². The van der Waals surface area contributed by atoms with Crippen molar-refractivity contribution < 1.29 is 14.7 Å². The maximum atomic E-state index is 12.2.